The Balaban J connectivity index is 1.68. The SMILES string of the molecule is CCCCC1C2C1C2(C)C. The Morgan fingerprint density at radius 1 is 1.20 bits per heavy atom. The second kappa shape index (κ2) is 1.78. The Kier molecular flexibility index (Phi) is 1.19. The molecule has 58 valence electrons. The van der Waals surface area contributed by atoms with Crippen molar-refractivity contribution in [2.24, 2.45) is 23.2 Å². The monoisotopic (exact) mass is 138 g/mol. The van der Waals surface area contributed by atoms with Crippen molar-refractivity contribution >= 4 is 0 Å². The molecule has 0 aromatic rings. The highest BCUT2D eigenvalue weighted by atomic mass is 14.8. The topological polar surface area (TPSA) is 0 Å². The average molecular weight is 138 g/mol. The number of unbranched alkanes of at least 4 members (excludes halogenated alkanes) is 1. The van der Waals surface area contributed by atoms with E-state index in [1.54, 1.807) is 0 Å². The third-order valence-electron chi connectivity index (χ3n) is 3.67. The molecular formula is C10H18. The molecule has 0 aromatic carbocycles. The van der Waals surface area contributed by atoms with Crippen LogP contribution in [0.3, 0.4) is 0 Å². The molecular weight excluding hydrogens is 120 g/mol. The van der Waals surface area contributed by atoms with Gasteiger partial charge < -0.3 is 0 Å². The fourth-order valence-corrected chi connectivity index (χ4v) is 2.88. The van der Waals surface area contributed by atoms with Gasteiger partial charge in [-0.25, -0.2) is 0 Å². The number of hydrogen-bond acceptors (Lipinski definition) is 0. The van der Waals surface area contributed by atoms with E-state index in [1.807, 2.05) is 0 Å². The van der Waals surface area contributed by atoms with Crippen LogP contribution in [0.25, 0.3) is 0 Å². The molecule has 2 atom stereocenters. The largest absolute Gasteiger partial charge is 0.0654 e. The highest BCUT2D eigenvalue weighted by Gasteiger charge is 2.77. The minimum absolute atomic E-state index is 0.776. The van der Waals surface area contributed by atoms with Gasteiger partial charge in [-0.3, -0.25) is 0 Å². The van der Waals surface area contributed by atoms with Gasteiger partial charge in [-0.05, 0) is 29.6 Å². The molecule has 0 heteroatoms. The van der Waals surface area contributed by atoms with Gasteiger partial charge in [-0.15, -0.1) is 0 Å². The third-order valence-corrected chi connectivity index (χ3v) is 3.67. The summed E-state index contributed by atoms with van der Waals surface area (Å²) in [5, 5.41) is 0. The van der Waals surface area contributed by atoms with E-state index in [2.05, 4.69) is 20.8 Å². The first-order valence-electron chi connectivity index (χ1n) is 4.69. The van der Waals surface area contributed by atoms with E-state index in [4.69, 9.17) is 0 Å². The van der Waals surface area contributed by atoms with Crippen LogP contribution in [0.4, 0.5) is 0 Å². The molecule has 0 N–H and O–H groups in total. The number of rotatable bonds is 3. The van der Waals surface area contributed by atoms with E-state index in [-0.39, 0.29) is 0 Å². The lowest BCUT2D eigenvalue weighted by Crippen LogP contribution is -2.07. The smallest absolute Gasteiger partial charge is 0.0286 e. The Morgan fingerprint density at radius 3 is 2.20 bits per heavy atom. The Bertz CT molecular complexity index is 134. The second-order valence-electron chi connectivity index (χ2n) is 4.68. The summed E-state index contributed by atoms with van der Waals surface area (Å²) >= 11 is 0. The van der Waals surface area contributed by atoms with Gasteiger partial charge in [0.05, 0.1) is 0 Å². The van der Waals surface area contributed by atoms with Crippen molar-refractivity contribution in [3.63, 3.8) is 0 Å². The van der Waals surface area contributed by atoms with Crippen molar-refractivity contribution in [2.75, 3.05) is 0 Å². The molecule has 0 heterocycles. The van der Waals surface area contributed by atoms with Crippen molar-refractivity contribution in [1.29, 1.82) is 0 Å². The van der Waals surface area contributed by atoms with Crippen LogP contribution in [-0.2, 0) is 0 Å². The summed E-state index contributed by atoms with van der Waals surface area (Å²) in [4.78, 5) is 0. The van der Waals surface area contributed by atoms with E-state index in [1.165, 1.54) is 19.3 Å². The van der Waals surface area contributed by atoms with Gasteiger partial charge in [-0.1, -0.05) is 33.6 Å². The van der Waals surface area contributed by atoms with Gasteiger partial charge in [0.25, 0.3) is 0 Å². The summed E-state index contributed by atoms with van der Waals surface area (Å²) in [7, 11) is 0. The first kappa shape index (κ1) is 6.69. The predicted molar refractivity (Wildman–Crippen MR) is 43.8 cm³/mol. The highest BCUT2D eigenvalue weighted by Crippen LogP contribution is 2.82. The lowest BCUT2D eigenvalue weighted by atomic mass is 9.90. The van der Waals surface area contributed by atoms with E-state index < -0.39 is 0 Å². The molecule has 0 amide bonds. The van der Waals surface area contributed by atoms with Crippen molar-refractivity contribution in [2.45, 2.75) is 40.0 Å². The Morgan fingerprint density at radius 2 is 1.80 bits per heavy atom. The molecule has 2 aliphatic carbocycles. The third kappa shape index (κ3) is 0.681. The molecule has 0 spiro atoms. The minimum atomic E-state index is 0.776. The molecule has 2 fully saturated rings. The summed E-state index contributed by atoms with van der Waals surface area (Å²) in [6.45, 7) is 7.13. The van der Waals surface area contributed by atoms with Gasteiger partial charge in [0.1, 0.15) is 0 Å². The zero-order chi connectivity index (χ0) is 7.35. The first-order chi connectivity index (χ1) is 4.69. The normalized spacial score (nSPS) is 46.5. The Labute approximate surface area is 64.0 Å². The molecule has 0 aliphatic heterocycles. The first-order valence-corrected chi connectivity index (χ1v) is 4.69. The molecule has 0 bridgehead atoms. The van der Waals surface area contributed by atoms with Crippen LogP contribution in [-0.4, -0.2) is 0 Å². The van der Waals surface area contributed by atoms with E-state index in [0.29, 0.717) is 0 Å². The molecule has 0 saturated heterocycles. The highest BCUT2D eigenvalue weighted by molar-refractivity contribution is 5.24. The average Bonchev–Trinajstić information content (AvgIpc) is 2.69. The van der Waals surface area contributed by atoms with Crippen LogP contribution in [0.15, 0.2) is 0 Å². The zero-order valence-corrected chi connectivity index (χ0v) is 7.35. The molecule has 0 aromatic heterocycles. The molecule has 10 heavy (non-hydrogen) atoms. The zero-order valence-electron chi connectivity index (χ0n) is 7.35. The molecule has 0 radical (unpaired) electrons. The predicted octanol–water partition coefficient (Wildman–Crippen LogP) is 3.08. The summed E-state index contributed by atoms with van der Waals surface area (Å²) in [6, 6.07) is 0. The van der Waals surface area contributed by atoms with Gasteiger partial charge in [0.2, 0.25) is 0 Å². The van der Waals surface area contributed by atoms with Gasteiger partial charge in [-0.2, -0.15) is 0 Å². The fraction of sp³-hybridized carbons (Fsp3) is 1.00. The second-order valence-corrected chi connectivity index (χ2v) is 4.68. The van der Waals surface area contributed by atoms with Crippen LogP contribution >= 0.6 is 0 Å². The van der Waals surface area contributed by atoms with Gasteiger partial charge in [0, 0.05) is 0 Å². The molecule has 0 nitrogen and oxygen atoms in total. The van der Waals surface area contributed by atoms with Crippen LogP contribution in [0.1, 0.15) is 40.0 Å². The summed E-state index contributed by atoms with van der Waals surface area (Å²) < 4.78 is 0. The van der Waals surface area contributed by atoms with E-state index in [9.17, 15) is 0 Å². The van der Waals surface area contributed by atoms with Crippen LogP contribution in [0.2, 0.25) is 0 Å². The van der Waals surface area contributed by atoms with Crippen molar-refractivity contribution < 1.29 is 0 Å². The molecule has 2 saturated carbocycles. The van der Waals surface area contributed by atoms with Crippen molar-refractivity contribution in [3.8, 4) is 0 Å². The Hall–Kier alpha value is 0. The number of hydrogen-bond donors (Lipinski definition) is 0. The summed E-state index contributed by atoms with van der Waals surface area (Å²) in [5.41, 5.74) is 0.776. The quantitative estimate of drug-likeness (QED) is 0.562. The van der Waals surface area contributed by atoms with Crippen LogP contribution < -0.4 is 0 Å². The fourth-order valence-electron chi connectivity index (χ4n) is 2.88. The van der Waals surface area contributed by atoms with E-state index >= 15 is 0 Å². The molecule has 2 unspecified atom stereocenters. The lowest BCUT2D eigenvalue weighted by Gasteiger charge is -2.15. The minimum Gasteiger partial charge on any atom is -0.0654 e. The van der Waals surface area contributed by atoms with E-state index in [0.717, 1.165) is 23.2 Å². The van der Waals surface area contributed by atoms with Gasteiger partial charge in [0.15, 0.2) is 0 Å². The molecule has 2 aliphatic rings. The van der Waals surface area contributed by atoms with Crippen LogP contribution in [0.5, 0.6) is 0 Å². The standard InChI is InChI=1S/C10H18/c1-4-5-6-7-8-9(7)10(8,2)3/h7-9H,4-6H2,1-3H3. The summed E-state index contributed by atoms with van der Waals surface area (Å²) in [5.74, 6) is 3.47. The van der Waals surface area contributed by atoms with Crippen LogP contribution in [0, 0.1) is 23.2 Å². The molecule has 2 rings (SSSR count). The van der Waals surface area contributed by atoms with Crippen molar-refractivity contribution in [1.82, 2.24) is 0 Å². The van der Waals surface area contributed by atoms with Gasteiger partial charge >= 0.3 is 0 Å². The maximum atomic E-state index is 2.42. The number of fused-ring (bicyclic) bond motifs is 1. The maximum Gasteiger partial charge on any atom is -0.0286 e. The maximum absolute atomic E-state index is 2.42. The lowest BCUT2D eigenvalue weighted by molar-refractivity contribution is 0.339. The van der Waals surface area contributed by atoms with Crippen molar-refractivity contribution in [3.05, 3.63) is 0 Å². The summed E-state index contributed by atoms with van der Waals surface area (Å²) in [6.07, 6.45) is 4.37.